The minimum atomic E-state index is -0.897. The molecule has 0 aromatic carbocycles. The Bertz CT molecular complexity index is 730. The van der Waals surface area contributed by atoms with Crippen molar-refractivity contribution in [2.24, 2.45) is 5.41 Å². The Balaban J connectivity index is 2.49. The predicted molar refractivity (Wildman–Crippen MR) is 119 cm³/mol. The van der Waals surface area contributed by atoms with Crippen LogP contribution in [0.1, 0.15) is 73.1 Å². The van der Waals surface area contributed by atoms with Crippen molar-refractivity contribution in [3.05, 3.63) is 58.7 Å². The maximum absolute atomic E-state index is 11.5. The lowest BCUT2D eigenvalue weighted by Gasteiger charge is -2.32. The summed E-state index contributed by atoms with van der Waals surface area (Å²) in [6.07, 6.45) is 16.4. The van der Waals surface area contributed by atoms with E-state index < -0.39 is 5.97 Å². The molecule has 0 aromatic rings. The summed E-state index contributed by atoms with van der Waals surface area (Å²) in [5.74, 6) is -1.26. The molecule has 0 saturated carbocycles. The van der Waals surface area contributed by atoms with Crippen LogP contribution in [0.25, 0.3) is 0 Å². The highest BCUT2D eigenvalue weighted by atomic mass is 16.5. The van der Waals surface area contributed by atoms with Gasteiger partial charge in [-0.15, -0.1) is 0 Å². The molecule has 0 aliphatic heterocycles. The molecule has 0 bridgehead atoms. The van der Waals surface area contributed by atoms with Crippen molar-refractivity contribution in [1.82, 2.24) is 0 Å². The lowest BCUT2D eigenvalue weighted by atomic mass is 9.72. The average Bonchev–Trinajstić information content (AvgIpc) is 2.60. The van der Waals surface area contributed by atoms with Crippen LogP contribution in [0.4, 0.5) is 0 Å². The van der Waals surface area contributed by atoms with Gasteiger partial charge in [-0.3, -0.25) is 9.59 Å². The fraction of sp³-hybridized carbons (Fsp3) is 0.520. The number of hydrogen-bond donors (Lipinski definition) is 1. The van der Waals surface area contributed by atoms with Crippen LogP contribution in [-0.4, -0.2) is 23.7 Å². The fourth-order valence-electron chi connectivity index (χ4n) is 3.42. The topological polar surface area (TPSA) is 63.6 Å². The molecule has 0 fully saturated rings. The average molecular weight is 401 g/mol. The summed E-state index contributed by atoms with van der Waals surface area (Å²) in [6, 6.07) is 0. The molecule has 0 atom stereocenters. The van der Waals surface area contributed by atoms with E-state index in [1.165, 1.54) is 36.0 Å². The van der Waals surface area contributed by atoms with E-state index in [1.54, 1.807) is 0 Å². The summed E-state index contributed by atoms with van der Waals surface area (Å²) in [4.78, 5) is 21.9. The molecule has 0 unspecified atom stereocenters. The molecule has 0 radical (unpaired) electrons. The summed E-state index contributed by atoms with van der Waals surface area (Å²) >= 11 is 0. The first-order valence-electron chi connectivity index (χ1n) is 10.4. The van der Waals surface area contributed by atoms with E-state index in [9.17, 15) is 9.59 Å². The fourth-order valence-corrected chi connectivity index (χ4v) is 3.42. The van der Waals surface area contributed by atoms with Crippen LogP contribution in [0.5, 0.6) is 0 Å². The van der Waals surface area contributed by atoms with Gasteiger partial charge in [-0.05, 0) is 63.5 Å². The Hall–Kier alpha value is -2.36. The standard InChI is InChI=1S/C25H36O4/c1-19(14-15-22-21(3)11-8-17-25(22,4)5)9-6-10-20(2)16-18-29-24(28)13-7-12-23(26)27/h6,9-10,14-16H,7-8,11-13,17-18H2,1-5H3,(H,26,27)/b10-6+,15-14+,19-9+,20-16+. The molecule has 1 rings (SSSR count). The van der Waals surface area contributed by atoms with Gasteiger partial charge in [0, 0.05) is 12.8 Å². The number of carboxylic acid groups (broad SMARTS) is 1. The van der Waals surface area contributed by atoms with Crippen molar-refractivity contribution in [2.45, 2.75) is 73.1 Å². The Morgan fingerprint density at radius 3 is 2.52 bits per heavy atom. The predicted octanol–water partition coefficient (Wildman–Crippen LogP) is 6.32. The Morgan fingerprint density at radius 1 is 1.14 bits per heavy atom. The quantitative estimate of drug-likeness (QED) is 0.344. The summed E-state index contributed by atoms with van der Waals surface area (Å²) in [5.41, 5.74) is 5.39. The second-order valence-electron chi connectivity index (χ2n) is 8.41. The third-order valence-corrected chi connectivity index (χ3v) is 5.19. The van der Waals surface area contributed by atoms with E-state index in [1.807, 2.05) is 25.2 Å². The normalized spacial score (nSPS) is 18.0. The second-order valence-corrected chi connectivity index (χ2v) is 8.41. The van der Waals surface area contributed by atoms with Crippen LogP contribution in [0.15, 0.2) is 58.7 Å². The lowest BCUT2D eigenvalue weighted by molar-refractivity contribution is -0.142. The SMILES string of the molecule is CC1=C(/C=C/C(C)=C/C=C/C(C)=C/COC(=O)CCCC(=O)O)C(C)(C)CCC1. The molecule has 4 nitrogen and oxygen atoms in total. The van der Waals surface area contributed by atoms with Crippen LogP contribution in [0.3, 0.4) is 0 Å². The molecular formula is C25H36O4. The molecule has 0 heterocycles. The van der Waals surface area contributed by atoms with Crippen molar-refractivity contribution >= 4 is 11.9 Å². The lowest BCUT2D eigenvalue weighted by Crippen LogP contribution is -2.19. The highest BCUT2D eigenvalue weighted by Crippen LogP contribution is 2.40. The number of ether oxygens (including phenoxy) is 1. The van der Waals surface area contributed by atoms with Gasteiger partial charge < -0.3 is 9.84 Å². The van der Waals surface area contributed by atoms with Gasteiger partial charge in [0.2, 0.25) is 0 Å². The molecule has 29 heavy (non-hydrogen) atoms. The van der Waals surface area contributed by atoms with Gasteiger partial charge in [-0.25, -0.2) is 0 Å². The van der Waals surface area contributed by atoms with Crippen molar-refractivity contribution in [3.8, 4) is 0 Å². The maximum Gasteiger partial charge on any atom is 0.306 e. The van der Waals surface area contributed by atoms with Gasteiger partial charge in [0.05, 0.1) is 0 Å². The third-order valence-electron chi connectivity index (χ3n) is 5.19. The molecule has 0 spiro atoms. The summed E-state index contributed by atoms with van der Waals surface area (Å²) in [7, 11) is 0. The van der Waals surface area contributed by atoms with Gasteiger partial charge in [0.15, 0.2) is 0 Å². The zero-order valence-corrected chi connectivity index (χ0v) is 18.6. The van der Waals surface area contributed by atoms with Crippen LogP contribution in [0, 0.1) is 5.41 Å². The van der Waals surface area contributed by atoms with E-state index in [0.29, 0.717) is 6.42 Å². The highest BCUT2D eigenvalue weighted by Gasteiger charge is 2.26. The van der Waals surface area contributed by atoms with E-state index in [0.717, 1.165) is 5.57 Å². The number of carbonyl (C=O) groups excluding carboxylic acids is 1. The smallest absolute Gasteiger partial charge is 0.306 e. The van der Waals surface area contributed by atoms with Crippen LogP contribution < -0.4 is 0 Å². The number of carbonyl (C=O) groups is 2. The van der Waals surface area contributed by atoms with E-state index >= 15 is 0 Å². The number of allylic oxidation sites excluding steroid dienone is 9. The van der Waals surface area contributed by atoms with Crippen LogP contribution in [0.2, 0.25) is 0 Å². The first-order valence-corrected chi connectivity index (χ1v) is 10.4. The third kappa shape index (κ3) is 10.1. The largest absolute Gasteiger partial charge is 0.481 e. The Kier molecular flexibility index (Phi) is 10.4. The van der Waals surface area contributed by atoms with E-state index in [2.05, 4.69) is 45.9 Å². The highest BCUT2D eigenvalue weighted by molar-refractivity contribution is 5.71. The minimum Gasteiger partial charge on any atom is -0.481 e. The monoisotopic (exact) mass is 400 g/mol. The molecule has 1 aliphatic rings. The van der Waals surface area contributed by atoms with E-state index in [4.69, 9.17) is 9.84 Å². The first kappa shape index (κ1) is 24.7. The van der Waals surface area contributed by atoms with Gasteiger partial charge in [-0.2, -0.15) is 0 Å². The molecule has 160 valence electrons. The molecule has 0 aromatic heterocycles. The molecule has 1 N–H and O–H groups in total. The summed E-state index contributed by atoms with van der Waals surface area (Å²) in [5, 5.41) is 8.55. The minimum absolute atomic E-state index is 0.0127. The second kappa shape index (κ2) is 12.3. The Morgan fingerprint density at radius 2 is 1.86 bits per heavy atom. The number of hydrogen-bond acceptors (Lipinski definition) is 3. The summed E-state index contributed by atoms with van der Waals surface area (Å²) < 4.78 is 5.08. The number of carboxylic acids is 1. The van der Waals surface area contributed by atoms with Crippen LogP contribution in [-0.2, 0) is 14.3 Å². The van der Waals surface area contributed by atoms with Gasteiger partial charge in [-0.1, -0.05) is 60.9 Å². The number of rotatable bonds is 10. The van der Waals surface area contributed by atoms with Gasteiger partial charge in [0.25, 0.3) is 0 Å². The molecule has 4 heteroatoms. The Labute approximate surface area is 175 Å². The zero-order chi connectivity index (χ0) is 21.9. The van der Waals surface area contributed by atoms with Crippen molar-refractivity contribution < 1.29 is 19.4 Å². The van der Waals surface area contributed by atoms with Crippen LogP contribution >= 0.6 is 0 Å². The van der Waals surface area contributed by atoms with Gasteiger partial charge in [0.1, 0.15) is 6.61 Å². The van der Waals surface area contributed by atoms with Gasteiger partial charge >= 0.3 is 11.9 Å². The first-order chi connectivity index (χ1) is 13.6. The summed E-state index contributed by atoms with van der Waals surface area (Å²) in [6.45, 7) is 11.1. The molecule has 1 aliphatic carbocycles. The van der Waals surface area contributed by atoms with Crippen molar-refractivity contribution in [1.29, 1.82) is 0 Å². The molecular weight excluding hydrogens is 364 g/mol. The maximum atomic E-state index is 11.5. The molecule has 0 saturated heterocycles. The van der Waals surface area contributed by atoms with Crippen molar-refractivity contribution in [2.75, 3.05) is 6.61 Å². The van der Waals surface area contributed by atoms with Crippen molar-refractivity contribution in [3.63, 3.8) is 0 Å². The number of aliphatic carboxylic acids is 1. The van der Waals surface area contributed by atoms with E-state index in [-0.39, 0.29) is 30.8 Å². The zero-order valence-electron chi connectivity index (χ0n) is 18.6. The number of esters is 1. The molecule has 0 amide bonds.